The molecule has 0 saturated carbocycles. The van der Waals surface area contributed by atoms with Crippen molar-refractivity contribution in [3.63, 3.8) is 0 Å². The van der Waals surface area contributed by atoms with Gasteiger partial charge in [0.15, 0.2) is 0 Å². The summed E-state index contributed by atoms with van der Waals surface area (Å²) in [7, 11) is 0. The maximum absolute atomic E-state index is 8.86. The number of aliphatic hydroxyl groups excluding tert-OH is 1. The Kier molecular flexibility index (Phi) is 7.09. The molecule has 2 aromatic rings. The highest BCUT2D eigenvalue weighted by Crippen LogP contribution is 2.19. The van der Waals surface area contributed by atoms with Crippen molar-refractivity contribution in [1.82, 2.24) is 0 Å². The molecule has 108 valence electrons. The normalized spacial score (nSPS) is 11.5. The second kappa shape index (κ2) is 8.59. The van der Waals surface area contributed by atoms with Gasteiger partial charge in [0.05, 0.1) is 0 Å². The SMILES string of the molecule is Cl.N[C@H](CCO)c1ccc(OCc2ccccc2)cc1. The molecule has 3 N–H and O–H groups in total. The molecule has 0 aliphatic heterocycles. The van der Waals surface area contributed by atoms with Gasteiger partial charge in [-0.2, -0.15) is 0 Å². The lowest BCUT2D eigenvalue weighted by molar-refractivity contribution is 0.276. The van der Waals surface area contributed by atoms with E-state index >= 15 is 0 Å². The minimum Gasteiger partial charge on any atom is -0.489 e. The minimum atomic E-state index is -0.117. The van der Waals surface area contributed by atoms with Crippen LogP contribution in [0.25, 0.3) is 0 Å². The van der Waals surface area contributed by atoms with Crippen LogP contribution in [-0.4, -0.2) is 11.7 Å². The predicted molar refractivity (Wildman–Crippen MR) is 83.1 cm³/mol. The van der Waals surface area contributed by atoms with E-state index in [9.17, 15) is 0 Å². The summed E-state index contributed by atoms with van der Waals surface area (Å²) in [6.07, 6.45) is 0.574. The Hall–Kier alpha value is -1.55. The van der Waals surface area contributed by atoms with E-state index in [2.05, 4.69) is 0 Å². The number of rotatable bonds is 6. The van der Waals surface area contributed by atoms with Crippen LogP contribution in [0, 0.1) is 0 Å². The summed E-state index contributed by atoms with van der Waals surface area (Å²) in [4.78, 5) is 0. The molecule has 0 saturated heterocycles. The number of hydrogen-bond donors (Lipinski definition) is 2. The molecule has 2 aromatic carbocycles. The molecule has 0 spiro atoms. The van der Waals surface area contributed by atoms with E-state index in [4.69, 9.17) is 15.6 Å². The highest BCUT2D eigenvalue weighted by atomic mass is 35.5. The average Bonchev–Trinajstić information content (AvgIpc) is 2.47. The van der Waals surface area contributed by atoms with E-state index in [0.29, 0.717) is 13.0 Å². The number of ether oxygens (including phenoxy) is 1. The fourth-order valence-corrected chi connectivity index (χ4v) is 1.86. The fraction of sp³-hybridized carbons (Fsp3) is 0.250. The Bertz CT molecular complexity index is 488. The summed E-state index contributed by atoms with van der Waals surface area (Å²) in [6.45, 7) is 0.663. The molecule has 0 radical (unpaired) electrons. The Balaban J connectivity index is 0.00000200. The number of halogens is 1. The van der Waals surface area contributed by atoms with Crippen LogP contribution in [0.3, 0.4) is 0 Å². The van der Waals surface area contributed by atoms with Gasteiger partial charge < -0.3 is 15.6 Å². The van der Waals surface area contributed by atoms with Gasteiger partial charge >= 0.3 is 0 Å². The first-order chi connectivity index (χ1) is 9.29. The summed E-state index contributed by atoms with van der Waals surface area (Å²) >= 11 is 0. The van der Waals surface area contributed by atoms with Crippen molar-refractivity contribution in [3.05, 3.63) is 65.7 Å². The third kappa shape index (κ3) is 4.85. The summed E-state index contributed by atoms with van der Waals surface area (Å²) in [6, 6.07) is 17.6. The van der Waals surface area contributed by atoms with Crippen molar-refractivity contribution in [1.29, 1.82) is 0 Å². The monoisotopic (exact) mass is 293 g/mol. The van der Waals surface area contributed by atoms with E-state index in [1.807, 2.05) is 54.6 Å². The zero-order valence-corrected chi connectivity index (χ0v) is 12.1. The van der Waals surface area contributed by atoms with Gasteiger partial charge in [0.25, 0.3) is 0 Å². The molecule has 0 amide bonds. The van der Waals surface area contributed by atoms with Crippen molar-refractivity contribution < 1.29 is 9.84 Å². The van der Waals surface area contributed by atoms with Crippen molar-refractivity contribution in [2.45, 2.75) is 19.1 Å². The van der Waals surface area contributed by atoms with E-state index in [1.165, 1.54) is 0 Å². The number of aliphatic hydroxyl groups is 1. The van der Waals surface area contributed by atoms with E-state index in [0.717, 1.165) is 16.9 Å². The summed E-state index contributed by atoms with van der Waals surface area (Å²) in [5.41, 5.74) is 8.08. The maximum Gasteiger partial charge on any atom is 0.119 e. The Morgan fingerprint density at radius 2 is 1.65 bits per heavy atom. The van der Waals surface area contributed by atoms with Crippen LogP contribution in [0.5, 0.6) is 5.75 Å². The quantitative estimate of drug-likeness (QED) is 0.860. The van der Waals surface area contributed by atoms with Gasteiger partial charge in [-0.25, -0.2) is 0 Å². The van der Waals surface area contributed by atoms with Gasteiger partial charge in [-0.15, -0.1) is 12.4 Å². The molecule has 0 fully saturated rings. The third-order valence-corrected chi connectivity index (χ3v) is 3.00. The highest BCUT2D eigenvalue weighted by molar-refractivity contribution is 5.85. The van der Waals surface area contributed by atoms with Crippen molar-refractivity contribution in [3.8, 4) is 5.75 Å². The number of benzene rings is 2. The minimum absolute atomic E-state index is 0. The second-order valence-corrected chi connectivity index (χ2v) is 4.46. The second-order valence-electron chi connectivity index (χ2n) is 4.46. The topological polar surface area (TPSA) is 55.5 Å². The standard InChI is InChI=1S/C16H19NO2.ClH/c17-16(10-11-18)14-6-8-15(9-7-14)19-12-13-4-2-1-3-5-13;/h1-9,16,18H,10-12,17H2;1H/t16-;/m1./s1. The first-order valence-corrected chi connectivity index (χ1v) is 6.42. The van der Waals surface area contributed by atoms with Gasteiger partial charge in [-0.1, -0.05) is 42.5 Å². The van der Waals surface area contributed by atoms with E-state index < -0.39 is 0 Å². The fourth-order valence-electron chi connectivity index (χ4n) is 1.86. The molecular formula is C16H20ClNO2. The largest absolute Gasteiger partial charge is 0.489 e. The molecule has 0 bridgehead atoms. The molecule has 0 aliphatic carbocycles. The molecule has 1 atom stereocenters. The molecule has 20 heavy (non-hydrogen) atoms. The van der Waals surface area contributed by atoms with Gasteiger partial charge in [0.1, 0.15) is 12.4 Å². The molecule has 3 nitrogen and oxygen atoms in total. The third-order valence-electron chi connectivity index (χ3n) is 3.00. The molecule has 0 aliphatic rings. The Morgan fingerprint density at radius 3 is 2.25 bits per heavy atom. The van der Waals surface area contributed by atoms with E-state index in [1.54, 1.807) is 0 Å². The van der Waals surface area contributed by atoms with Crippen LogP contribution in [0.1, 0.15) is 23.6 Å². The molecule has 0 aromatic heterocycles. The average molecular weight is 294 g/mol. The van der Waals surface area contributed by atoms with Gasteiger partial charge in [-0.05, 0) is 29.7 Å². The van der Waals surface area contributed by atoms with Gasteiger partial charge in [0, 0.05) is 12.6 Å². The zero-order chi connectivity index (χ0) is 13.5. The van der Waals surface area contributed by atoms with Crippen LogP contribution >= 0.6 is 12.4 Å². The van der Waals surface area contributed by atoms with Crippen LogP contribution in [0.4, 0.5) is 0 Å². The molecule has 0 unspecified atom stereocenters. The Labute approximate surface area is 125 Å². The zero-order valence-electron chi connectivity index (χ0n) is 11.2. The predicted octanol–water partition coefficient (Wildman–Crippen LogP) is 3.07. The summed E-state index contributed by atoms with van der Waals surface area (Å²) in [5, 5.41) is 8.86. The number of nitrogens with two attached hydrogens (primary N) is 1. The lowest BCUT2D eigenvalue weighted by Crippen LogP contribution is -2.11. The van der Waals surface area contributed by atoms with Crippen molar-refractivity contribution >= 4 is 12.4 Å². The molecule has 0 heterocycles. The first-order valence-electron chi connectivity index (χ1n) is 6.42. The van der Waals surface area contributed by atoms with Gasteiger partial charge in [0.2, 0.25) is 0 Å². The Morgan fingerprint density at radius 1 is 1.00 bits per heavy atom. The number of hydrogen-bond acceptors (Lipinski definition) is 3. The van der Waals surface area contributed by atoms with Crippen molar-refractivity contribution in [2.75, 3.05) is 6.61 Å². The lowest BCUT2D eigenvalue weighted by Gasteiger charge is -2.11. The first kappa shape index (κ1) is 16.5. The smallest absolute Gasteiger partial charge is 0.119 e. The summed E-state index contributed by atoms with van der Waals surface area (Å²) < 4.78 is 5.70. The highest BCUT2D eigenvalue weighted by Gasteiger charge is 2.05. The van der Waals surface area contributed by atoms with Gasteiger partial charge in [-0.3, -0.25) is 0 Å². The molecule has 4 heteroatoms. The van der Waals surface area contributed by atoms with Crippen LogP contribution < -0.4 is 10.5 Å². The molecular weight excluding hydrogens is 274 g/mol. The van der Waals surface area contributed by atoms with E-state index in [-0.39, 0.29) is 25.1 Å². The van der Waals surface area contributed by atoms with Crippen LogP contribution in [0.2, 0.25) is 0 Å². The molecule has 2 rings (SSSR count). The summed E-state index contributed by atoms with van der Waals surface area (Å²) in [5.74, 6) is 0.823. The lowest BCUT2D eigenvalue weighted by atomic mass is 10.1. The van der Waals surface area contributed by atoms with Crippen LogP contribution in [-0.2, 0) is 6.61 Å². The van der Waals surface area contributed by atoms with Crippen LogP contribution in [0.15, 0.2) is 54.6 Å². The maximum atomic E-state index is 8.86. The van der Waals surface area contributed by atoms with Crippen molar-refractivity contribution in [2.24, 2.45) is 5.73 Å².